The first-order valence-electron chi connectivity index (χ1n) is 10.1. The molecule has 2 aliphatic rings. The first kappa shape index (κ1) is 19.9. The molecule has 3 aromatic carbocycles. The Morgan fingerprint density at radius 3 is 1.81 bits per heavy atom. The SMILES string of the molecule is Cc1ccc(NC2=NC3=S(N=C(Nc4ccc(C)cc4)N3c3ccc(C)cc3)S2)cc1. The predicted molar refractivity (Wildman–Crippen MR) is 138 cm³/mol. The van der Waals surface area contributed by atoms with Gasteiger partial charge in [0.15, 0.2) is 10.3 Å². The van der Waals surface area contributed by atoms with E-state index < -0.39 is 9.70 Å². The molecule has 0 aliphatic carbocycles. The number of nitrogens with zero attached hydrogens (tertiary/aromatic N) is 3. The minimum absolute atomic E-state index is 0.402. The maximum Gasteiger partial charge on any atom is 0.221 e. The summed E-state index contributed by atoms with van der Waals surface area (Å²) < 4.78 is 4.98. The van der Waals surface area contributed by atoms with Crippen molar-refractivity contribution in [3.05, 3.63) is 89.5 Å². The summed E-state index contributed by atoms with van der Waals surface area (Å²) in [7, 11) is 1.26. The molecular weight excluding hydrogens is 422 g/mol. The Bertz CT molecular complexity index is 1210. The number of anilines is 3. The van der Waals surface area contributed by atoms with Crippen LogP contribution in [0.1, 0.15) is 16.7 Å². The molecular formula is C24H23N5S2. The van der Waals surface area contributed by atoms with Crippen LogP contribution in [-0.4, -0.2) is 16.2 Å². The molecule has 156 valence electrons. The third-order valence-corrected chi connectivity index (χ3v) is 8.04. The highest BCUT2D eigenvalue weighted by molar-refractivity contribution is 8.89. The molecule has 31 heavy (non-hydrogen) atoms. The second-order valence-electron chi connectivity index (χ2n) is 7.60. The number of guanidine groups is 1. The average molecular weight is 446 g/mol. The first-order chi connectivity index (χ1) is 15.0. The lowest BCUT2D eigenvalue weighted by Crippen LogP contribution is -2.37. The average Bonchev–Trinajstić information content (AvgIpc) is 3.29. The predicted octanol–water partition coefficient (Wildman–Crippen LogP) is 6.30. The van der Waals surface area contributed by atoms with E-state index in [0.29, 0.717) is 0 Å². The number of amidine groups is 1. The zero-order chi connectivity index (χ0) is 21.4. The summed E-state index contributed by atoms with van der Waals surface area (Å²) in [5, 5.41) is 8.74. The number of aryl methyl sites for hydroxylation is 3. The van der Waals surface area contributed by atoms with Gasteiger partial charge in [0.05, 0.1) is 5.69 Å². The maximum atomic E-state index is 4.98. The van der Waals surface area contributed by atoms with Crippen molar-refractivity contribution >= 4 is 53.8 Å². The largest absolute Gasteiger partial charge is 0.334 e. The van der Waals surface area contributed by atoms with Crippen molar-refractivity contribution in [3.63, 3.8) is 0 Å². The lowest BCUT2D eigenvalue weighted by Gasteiger charge is -2.22. The molecule has 0 saturated heterocycles. The van der Waals surface area contributed by atoms with Crippen molar-refractivity contribution in [2.45, 2.75) is 20.8 Å². The highest BCUT2D eigenvalue weighted by Gasteiger charge is 2.33. The minimum Gasteiger partial charge on any atom is -0.334 e. The fourth-order valence-electron chi connectivity index (χ4n) is 3.23. The maximum absolute atomic E-state index is 4.98. The van der Waals surface area contributed by atoms with Crippen LogP contribution in [0.15, 0.2) is 82.2 Å². The summed E-state index contributed by atoms with van der Waals surface area (Å²) in [4.78, 5) is 7.05. The fourth-order valence-corrected chi connectivity index (χ4v) is 6.29. The number of hydrogen-bond donors (Lipinski definition) is 2. The Hall–Kier alpha value is -3.03. The normalized spacial score (nSPS) is 17.3. The van der Waals surface area contributed by atoms with Crippen molar-refractivity contribution < 1.29 is 0 Å². The van der Waals surface area contributed by atoms with Crippen molar-refractivity contribution in [3.8, 4) is 0 Å². The van der Waals surface area contributed by atoms with E-state index in [1.807, 2.05) is 0 Å². The standard InChI is InChI=1S/C24H23N5S2/c1-16-4-10-19(11-5-16)25-22-28-31-24(29(22)21-14-8-18(3)9-15-21)27-23(30-31)26-20-12-6-17(2)7-13-20/h4-15H,1-3H3,(H,25,28)(H,26,27). The Kier molecular flexibility index (Phi) is 5.29. The van der Waals surface area contributed by atoms with Gasteiger partial charge in [-0.1, -0.05) is 53.1 Å². The molecule has 0 fully saturated rings. The molecule has 5 nitrogen and oxygen atoms in total. The van der Waals surface area contributed by atoms with Gasteiger partial charge < -0.3 is 10.6 Å². The highest BCUT2D eigenvalue weighted by atomic mass is 33.1. The number of benzene rings is 3. The van der Waals surface area contributed by atoms with Gasteiger partial charge in [-0.2, -0.15) is 9.39 Å². The Morgan fingerprint density at radius 2 is 1.23 bits per heavy atom. The van der Waals surface area contributed by atoms with E-state index in [-0.39, 0.29) is 0 Å². The zero-order valence-electron chi connectivity index (χ0n) is 17.6. The van der Waals surface area contributed by atoms with Gasteiger partial charge in [0.1, 0.15) is 0 Å². The molecule has 2 heterocycles. The smallest absolute Gasteiger partial charge is 0.221 e. The summed E-state index contributed by atoms with van der Waals surface area (Å²) >= 11 is 0. The second-order valence-corrected chi connectivity index (χ2v) is 10.6. The third-order valence-electron chi connectivity index (χ3n) is 4.99. The fraction of sp³-hybridized carbons (Fsp3) is 0.125. The molecule has 1 atom stereocenters. The summed E-state index contributed by atoms with van der Waals surface area (Å²) in [6.45, 7) is 6.27. The lowest BCUT2D eigenvalue weighted by molar-refractivity contribution is 1.36. The van der Waals surface area contributed by atoms with Crippen LogP contribution in [0.4, 0.5) is 17.1 Å². The van der Waals surface area contributed by atoms with E-state index in [9.17, 15) is 0 Å². The molecule has 1 unspecified atom stereocenters. The van der Waals surface area contributed by atoms with Crippen LogP contribution in [0.5, 0.6) is 0 Å². The first-order valence-corrected chi connectivity index (χ1v) is 12.6. The summed E-state index contributed by atoms with van der Waals surface area (Å²) in [5.74, 6) is 0.802. The number of hydrogen-bond acceptors (Lipinski definition) is 6. The number of aliphatic imine (C=N–C) groups is 1. The molecule has 2 N–H and O–H groups in total. The molecule has 3 aromatic rings. The van der Waals surface area contributed by atoms with Gasteiger partial charge in [-0.05, 0) is 57.2 Å². The van der Waals surface area contributed by atoms with Gasteiger partial charge >= 0.3 is 0 Å². The summed E-state index contributed by atoms with van der Waals surface area (Å²) in [6.07, 6.45) is 0. The molecule has 0 amide bonds. The van der Waals surface area contributed by atoms with Gasteiger partial charge in [0, 0.05) is 31.9 Å². The number of nitrogens with one attached hydrogen (secondary N) is 2. The molecule has 5 rings (SSSR count). The van der Waals surface area contributed by atoms with Gasteiger partial charge in [-0.25, -0.2) is 0 Å². The molecule has 2 aliphatic heterocycles. The molecule has 0 aromatic heterocycles. The van der Waals surface area contributed by atoms with Crippen LogP contribution in [0.3, 0.4) is 0 Å². The van der Waals surface area contributed by atoms with Crippen LogP contribution in [0.2, 0.25) is 0 Å². The van der Waals surface area contributed by atoms with E-state index in [4.69, 9.17) is 9.39 Å². The van der Waals surface area contributed by atoms with E-state index in [1.165, 1.54) is 16.7 Å². The summed E-state index contributed by atoms with van der Waals surface area (Å²) in [5.41, 5.74) is 6.79. The van der Waals surface area contributed by atoms with Gasteiger partial charge in [-0.15, -0.1) is 0 Å². The van der Waals surface area contributed by atoms with Crippen molar-refractivity contribution in [2.75, 3.05) is 15.5 Å². The third kappa shape index (κ3) is 4.24. The van der Waals surface area contributed by atoms with Crippen molar-refractivity contribution in [2.24, 2.45) is 9.39 Å². The Morgan fingerprint density at radius 1 is 0.710 bits per heavy atom. The van der Waals surface area contributed by atoms with Crippen LogP contribution in [0, 0.1) is 20.8 Å². The monoisotopic (exact) mass is 445 g/mol. The second kappa shape index (κ2) is 8.24. The van der Waals surface area contributed by atoms with Crippen LogP contribution in [0.25, 0.3) is 0 Å². The lowest BCUT2D eigenvalue weighted by atomic mass is 10.2. The summed E-state index contributed by atoms with van der Waals surface area (Å²) in [6, 6.07) is 25.2. The molecule has 0 spiro atoms. The molecule has 7 heteroatoms. The van der Waals surface area contributed by atoms with Crippen LogP contribution >= 0.6 is 20.5 Å². The zero-order valence-corrected chi connectivity index (χ0v) is 19.2. The highest BCUT2D eigenvalue weighted by Crippen LogP contribution is 2.46. The molecule has 0 radical (unpaired) electrons. The van der Waals surface area contributed by atoms with E-state index >= 15 is 0 Å². The van der Waals surface area contributed by atoms with E-state index in [1.54, 1.807) is 10.8 Å². The molecule has 0 bridgehead atoms. The minimum atomic E-state index is -0.402. The van der Waals surface area contributed by atoms with Gasteiger partial charge in [0.25, 0.3) is 0 Å². The quantitative estimate of drug-likeness (QED) is 0.367. The topological polar surface area (TPSA) is 52.0 Å². The van der Waals surface area contributed by atoms with Crippen LogP contribution in [-0.2, 0) is 0 Å². The molecule has 0 saturated carbocycles. The van der Waals surface area contributed by atoms with E-state index in [0.717, 1.165) is 33.3 Å². The van der Waals surface area contributed by atoms with Gasteiger partial charge in [-0.3, -0.25) is 4.90 Å². The van der Waals surface area contributed by atoms with Crippen molar-refractivity contribution in [1.82, 2.24) is 0 Å². The van der Waals surface area contributed by atoms with Gasteiger partial charge in [0.2, 0.25) is 5.96 Å². The van der Waals surface area contributed by atoms with Crippen molar-refractivity contribution in [1.29, 1.82) is 0 Å². The Balaban J connectivity index is 1.43. The van der Waals surface area contributed by atoms with Crippen LogP contribution < -0.4 is 15.5 Å². The van der Waals surface area contributed by atoms with E-state index in [2.05, 4.69) is 109 Å². The Labute approximate surface area is 188 Å². The number of rotatable bonds is 3.